The van der Waals surface area contributed by atoms with Crippen LogP contribution in [-0.4, -0.2) is 79.0 Å². The van der Waals surface area contributed by atoms with E-state index in [4.69, 9.17) is 18.8 Å². The number of benzene rings is 4. The number of esters is 2. The summed E-state index contributed by atoms with van der Waals surface area (Å²) < 4.78 is 62.1. The Labute approximate surface area is 512 Å². The van der Waals surface area contributed by atoms with E-state index in [2.05, 4.69) is 84.8 Å². The van der Waals surface area contributed by atoms with Gasteiger partial charge in [-0.25, -0.2) is 27.8 Å². The van der Waals surface area contributed by atoms with Gasteiger partial charge in [-0.05, 0) is 164 Å². The molecule has 24 heteroatoms. The van der Waals surface area contributed by atoms with Crippen LogP contribution in [0.4, 0.5) is 8.78 Å². The van der Waals surface area contributed by atoms with Gasteiger partial charge >= 0.3 is 19.1 Å². The Morgan fingerprint density at radius 3 is 1.58 bits per heavy atom. The molecule has 1 fully saturated rings. The number of rotatable bonds is 8. The maximum atomic E-state index is 15.3. The van der Waals surface area contributed by atoms with Gasteiger partial charge in [-0.2, -0.15) is 29.8 Å². The number of fused-ring (bicyclic) bond motifs is 4. The molecule has 0 aliphatic carbocycles. The fourth-order valence-corrected chi connectivity index (χ4v) is 11.3. The third-order valence-corrected chi connectivity index (χ3v) is 16.2. The summed E-state index contributed by atoms with van der Waals surface area (Å²) in [7, 11) is -0.761. The van der Waals surface area contributed by atoms with Crippen LogP contribution in [0.5, 0.6) is 0 Å². The second kappa shape index (κ2) is 23.7. The molecule has 84 heavy (non-hydrogen) atoms. The zero-order valence-electron chi connectivity index (χ0n) is 48.0. The van der Waals surface area contributed by atoms with E-state index in [-0.39, 0.29) is 34.8 Å². The molecule has 0 radical (unpaired) electrons. The molecule has 0 amide bonds. The van der Waals surface area contributed by atoms with Crippen molar-refractivity contribution in [3.8, 4) is 22.5 Å². The summed E-state index contributed by atoms with van der Waals surface area (Å²) in [5, 5.41) is 17.7. The summed E-state index contributed by atoms with van der Waals surface area (Å²) in [6, 6.07) is 20.8. The van der Waals surface area contributed by atoms with Gasteiger partial charge in [0.15, 0.2) is 11.3 Å². The molecule has 434 valence electrons. The van der Waals surface area contributed by atoms with Crippen molar-refractivity contribution in [2.24, 2.45) is 0 Å². The quantitative estimate of drug-likeness (QED) is 0.0790. The molecule has 0 spiro atoms. The average Bonchev–Trinajstić information content (AvgIpc) is 1.40. The number of aromatic nitrogens is 10. The molecule has 7 heterocycles. The zero-order chi connectivity index (χ0) is 61.0. The van der Waals surface area contributed by atoms with Crippen LogP contribution in [0.2, 0.25) is 0 Å². The van der Waals surface area contributed by atoms with Crippen LogP contribution < -0.4 is 16.6 Å². The third kappa shape index (κ3) is 12.6. The van der Waals surface area contributed by atoms with Crippen molar-refractivity contribution in [1.29, 1.82) is 0 Å². The molecular weight excluding hydrogens is 1320 g/mol. The average molecular weight is 1380 g/mol. The Hall–Kier alpha value is -7.13. The number of carbonyl (C=O) groups excluding carboxylic acids is 2. The first-order valence-corrected chi connectivity index (χ1v) is 29.0. The summed E-state index contributed by atoms with van der Waals surface area (Å²) in [6.07, 6.45) is 9.65. The Bertz CT molecular complexity index is 4350. The molecular formula is C60H58BBr2F2IN10O8. The molecule has 0 bridgehead atoms. The van der Waals surface area contributed by atoms with Gasteiger partial charge in [0, 0.05) is 57.3 Å². The Morgan fingerprint density at radius 1 is 0.643 bits per heavy atom. The van der Waals surface area contributed by atoms with Crippen molar-refractivity contribution >= 4 is 112 Å². The van der Waals surface area contributed by atoms with Gasteiger partial charge in [0.05, 0.1) is 54.7 Å². The van der Waals surface area contributed by atoms with E-state index in [0.717, 1.165) is 39.7 Å². The van der Waals surface area contributed by atoms with Crippen LogP contribution in [-0.2, 0) is 52.4 Å². The normalized spacial score (nSPS) is 13.9. The molecule has 0 saturated carbocycles. The van der Waals surface area contributed by atoms with Crippen molar-refractivity contribution < 1.29 is 37.2 Å². The number of hydrogen-bond donors (Lipinski definition) is 0. The highest BCUT2D eigenvalue weighted by Gasteiger charge is 2.52. The SMILES string of the molecule is Brc1cc(I)cn2ncnc12.CC(=O)OCc1c(-c2cc(Br)c3ncnn3c2)cccc1-n1ncc2cc(C(C)(C)C)cc(F)c2c1=O.CC(=O)OCc1c(B2OC(C)(C)C(C)(C)O2)cccc1-n1ncc2cc(C(C)(C)C)cc(F)c2c1=O. The lowest BCUT2D eigenvalue weighted by Crippen LogP contribution is -2.41. The molecule has 11 rings (SSSR count). The highest BCUT2D eigenvalue weighted by molar-refractivity contribution is 14.1. The zero-order valence-corrected chi connectivity index (χ0v) is 53.3. The monoisotopic (exact) mass is 1380 g/mol. The number of ether oxygens (including phenoxy) is 2. The Morgan fingerprint density at radius 2 is 1.10 bits per heavy atom. The van der Waals surface area contributed by atoms with E-state index in [1.807, 2.05) is 93.6 Å². The van der Waals surface area contributed by atoms with E-state index < -0.39 is 53.0 Å². The molecule has 6 aromatic heterocycles. The van der Waals surface area contributed by atoms with Crippen LogP contribution in [0.15, 0.2) is 129 Å². The van der Waals surface area contributed by atoms with Gasteiger partial charge < -0.3 is 18.8 Å². The van der Waals surface area contributed by atoms with E-state index >= 15 is 8.78 Å². The van der Waals surface area contributed by atoms with Gasteiger partial charge in [-0.3, -0.25) is 19.2 Å². The van der Waals surface area contributed by atoms with Crippen molar-refractivity contribution in [3.05, 3.63) is 177 Å². The molecule has 0 N–H and O–H groups in total. The molecule has 0 atom stereocenters. The molecule has 0 unspecified atom stereocenters. The van der Waals surface area contributed by atoms with Crippen molar-refractivity contribution in [2.75, 3.05) is 0 Å². The largest absolute Gasteiger partial charge is 0.495 e. The first kappa shape index (κ1) is 61.4. The lowest BCUT2D eigenvalue weighted by molar-refractivity contribution is -0.143. The van der Waals surface area contributed by atoms with Crippen molar-refractivity contribution in [2.45, 2.75) is 118 Å². The number of carbonyl (C=O) groups is 2. The number of hydrogen-bond acceptors (Lipinski definition) is 14. The third-order valence-electron chi connectivity index (χ3n) is 14.5. The van der Waals surface area contributed by atoms with Gasteiger partial charge in [0.25, 0.3) is 11.1 Å². The van der Waals surface area contributed by atoms with E-state index in [1.54, 1.807) is 57.7 Å². The molecule has 1 aliphatic heterocycles. The van der Waals surface area contributed by atoms with Crippen molar-refractivity contribution in [3.63, 3.8) is 0 Å². The second-order valence-electron chi connectivity index (χ2n) is 23.0. The minimum absolute atomic E-state index is 0.0568. The Balaban J connectivity index is 0.000000170. The first-order chi connectivity index (χ1) is 39.4. The minimum atomic E-state index is -0.761. The van der Waals surface area contributed by atoms with Gasteiger partial charge in [-0.15, -0.1) is 0 Å². The highest BCUT2D eigenvalue weighted by Crippen LogP contribution is 2.38. The first-order valence-electron chi connectivity index (χ1n) is 26.4. The second-order valence-corrected chi connectivity index (χ2v) is 26.0. The van der Waals surface area contributed by atoms with Gasteiger partial charge in [0.1, 0.15) is 37.5 Å². The molecule has 1 aliphatic rings. The number of pyridine rings is 2. The van der Waals surface area contributed by atoms with Crippen LogP contribution >= 0.6 is 54.5 Å². The number of nitrogens with zero attached hydrogens (tertiary/aromatic N) is 10. The van der Waals surface area contributed by atoms with Crippen LogP contribution in [0.25, 0.3) is 55.3 Å². The van der Waals surface area contributed by atoms with Crippen LogP contribution in [0, 0.1) is 15.2 Å². The topological polar surface area (TPSA) is 201 Å². The fraction of sp³-hybridized carbons (Fsp3) is 0.300. The summed E-state index contributed by atoms with van der Waals surface area (Å²) >= 11 is 9.15. The maximum absolute atomic E-state index is 15.3. The minimum Gasteiger partial charge on any atom is -0.461 e. The predicted molar refractivity (Wildman–Crippen MR) is 332 cm³/mol. The lowest BCUT2D eigenvalue weighted by Gasteiger charge is -2.32. The number of halogens is 5. The smallest absolute Gasteiger partial charge is 0.461 e. The van der Waals surface area contributed by atoms with E-state index in [0.29, 0.717) is 54.4 Å². The van der Waals surface area contributed by atoms with Crippen LogP contribution in [0.1, 0.15) is 105 Å². The molecule has 1 saturated heterocycles. The van der Waals surface area contributed by atoms with Crippen molar-refractivity contribution in [1.82, 2.24) is 48.8 Å². The van der Waals surface area contributed by atoms with E-state index in [9.17, 15) is 19.2 Å². The maximum Gasteiger partial charge on any atom is 0.495 e. The fourth-order valence-electron chi connectivity index (χ4n) is 9.25. The predicted octanol–water partition coefficient (Wildman–Crippen LogP) is 11.6. The summed E-state index contributed by atoms with van der Waals surface area (Å²) in [6.45, 7) is 22.0. The van der Waals surface area contributed by atoms with Gasteiger partial charge in [-0.1, -0.05) is 65.8 Å². The summed E-state index contributed by atoms with van der Waals surface area (Å²) in [5.74, 6) is -2.18. The lowest BCUT2D eigenvalue weighted by atomic mass is 9.75. The Kier molecular flexibility index (Phi) is 17.4. The molecule has 18 nitrogen and oxygen atoms in total. The van der Waals surface area contributed by atoms with Gasteiger partial charge in [0.2, 0.25) is 0 Å². The van der Waals surface area contributed by atoms with Crippen LogP contribution in [0.3, 0.4) is 0 Å². The molecule has 10 aromatic rings. The standard InChI is InChI=1S/C27H32BFN2O5.C27H23BrFN5O3.C6H3BrIN3/c1-16(32)34-15-19-20(28-35-26(5,6)27(7,8)36-28)10-9-11-22(19)31-24(33)23-17(14-30-31)12-18(13-21(23)29)25(2,3)4;1-15(35)37-13-20-19(17-9-21(28)25-30-14-32-33(25)12-17)6-5-7-23(20)34-26(36)24-16(11-31-34)8-18(10-22(24)29)27(2,3)4;7-5-1-4(8)2-11-6(5)9-3-10-11/h9-14H,15H2,1-8H3;5-12,14H,13H2,1-4H3;1-3H. The van der Waals surface area contributed by atoms with E-state index in [1.165, 1.54) is 51.0 Å². The molecule has 4 aromatic carbocycles. The highest BCUT2D eigenvalue weighted by atomic mass is 127. The summed E-state index contributed by atoms with van der Waals surface area (Å²) in [5.41, 5.74) is 3.81. The summed E-state index contributed by atoms with van der Waals surface area (Å²) in [4.78, 5) is 58.8.